The Kier molecular flexibility index (Phi) is 5.23. The van der Waals surface area contributed by atoms with Gasteiger partial charge in [-0.1, -0.05) is 26.0 Å². The molecule has 7 nitrogen and oxygen atoms in total. The first kappa shape index (κ1) is 19.7. The highest BCUT2D eigenvalue weighted by Gasteiger charge is 2.63. The summed E-state index contributed by atoms with van der Waals surface area (Å²) in [5.41, 5.74) is 0.841. The first-order chi connectivity index (χ1) is 13.8. The third-order valence-corrected chi connectivity index (χ3v) is 6.15. The lowest BCUT2D eigenvalue weighted by Gasteiger charge is -2.25. The molecule has 1 aromatic carbocycles. The average Bonchev–Trinajstić information content (AvgIpc) is 3.32. The van der Waals surface area contributed by atoms with Crippen LogP contribution in [-0.2, 0) is 28.6 Å². The largest absolute Gasteiger partial charge is 0.482 e. The Labute approximate surface area is 169 Å². The molecule has 29 heavy (non-hydrogen) atoms. The molecule has 1 saturated heterocycles. The number of carbonyl (C=O) groups excluding carboxylic acids is 3. The highest BCUT2D eigenvalue weighted by molar-refractivity contribution is 5.77. The predicted molar refractivity (Wildman–Crippen MR) is 101 cm³/mol. The predicted octanol–water partition coefficient (Wildman–Crippen LogP) is 2.82. The second kappa shape index (κ2) is 7.69. The molecule has 2 bridgehead atoms. The van der Waals surface area contributed by atoms with E-state index in [1.807, 2.05) is 6.92 Å². The Morgan fingerprint density at radius 1 is 1.14 bits per heavy atom. The van der Waals surface area contributed by atoms with Crippen LogP contribution < -0.4 is 4.74 Å². The van der Waals surface area contributed by atoms with Crippen LogP contribution >= 0.6 is 0 Å². The Morgan fingerprint density at radius 2 is 1.86 bits per heavy atom. The van der Waals surface area contributed by atoms with Crippen molar-refractivity contribution in [1.29, 1.82) is 0 Å². The van der Waals surface area contributed by atoms with E-state index in [4.69, 9.17) is 18.9 Å². The number of rotatable bonds is 7. The monoisotopic (exact) mass is 402 g/mol. The van der Waals surface area contributed by atoms with Crippen LogP contribution in [0.1, 0.15) is 45.3 Å². The maximum absolute atomic E-state index is 12.2. The van der Waals surface area contributed by atoms with Crippen molar-refractivity contribution < 1.29 is 33.3 Å². The van der Waals surface area contributed by atoms with Crippen molar-refractivity contribution >= 4 is 17.9 Å². The molecule has 0 spiro atoms. The van der Waals surface area contributed by atoms with Crippen molar-refractivity contribution in [3.8, 4) is 5.75 Å². The molecule has 2 aliphatic carbocycles. The fourth-order valence-electron chi connectivity index (χ4n) is 4.61. The van der Waals surface area contributed by atoms with Gasteiger partial charge >= 0.3 is 17.9 Å². The minimum Gasteiger partial charge on any atom is -0.482 e. The number of benzene rings is 1. The molecular weight excluding hydrogens is 376 g/mol. The van der Waals surface area contributed by atoms with Gasteiger partial charge in [0.05, 0.1) is 11.8 Å². The third kappa shape index (κ3) is 3.82. The minimum atomic E-state index is -0.467. The SMILES string of the molecule is CC(C)C(=O)OC(C)c1ccc(OCC(=O)OC2C3CC4C(=O)OC2C4C3)cc1. The summed E-state index contributed by atoms with van der Waals surface area (Å²) in [6, 6.07) is 7.05. The minimum absolute atomic E-state index is 0.00285. The van der Waals surface area contributed by atoms with E-state index in [0.717, 1.165) is 18.4 Å². The molecule has 2 saturated carbocycles. The van der Waals surface area contributed by atoms with Gasteiger partial charge < -0.3 is 18.9 Å². The molecule has 1 aliphatic heterocycles. The van der Waals surface area contributed by atoms with Gasteiger partial charge in [-0.05, 0) is 37.5 Å². The number of fused-ring (bicyclic) bond motifs is 1. The van der Waals surface area contributed by atoms with E-state index in [1.165, 1.54) is 0 Å². The first-order valence-corrected chi connectivity index (χ1v) is 10.2. The van der Waals surface area contributed by atoms with Gasteiger partial charge in [-0.15, -0.1) is 0 Å². The summed E-state index contributed by atoms with van der Waals surface area (Å²) in [5.74, 6) is -0.119. The van der Waals surface area contributed by atoms with Crippen molar-refractivity contribution in [1.82, 2.24) is 0 Å². The second-order valence-corrected chi connectivity index (χ2v) is 8.45. The fraction of sp³-hybridized carbons (Fsp3) is 0.591. The molecule has 1 aromatic rings. The smallest absolute Gasteiger partial charge is 0.344 e. The molecule has 3 fully saturated rings. The molecular formula is C22H26O7. The van der Waals surface area contributed by atoms with Crippen LogP contribution in [0.25, 0.3) is 0 Å². The standard InChI is InChI=1S/C22H26O7/c1-11(2)21(24)27-12(3)13-4-6-15(7-5-13)26-10-18(23)28-19-14-8-16-17(9-14)22(25)29-20(16)19/h4-7,11-12,14,16-17,19-20H,8-10H2,1-3H3. The lowest BCUT2D eigenvalue weighted by atomic mass is 9.88. The van der Waals surface area contributed by atoms with E-state index in [9.17, 15) is 14.4 Å². The number of esters is 3. The van der Waals surface area contributed by atoms with Crippen molar-refractivity contribution in [2.45, 2.75) is 51.9 Å². The van der Waals surface area contributed by atoms with Gasteiger partial charge in [-0.2, -0.15) is 0 Å². The summed E-state index contributed by atoms with van der Waals surface area (Å²) in [4.78, 5) is 35.7. The van der Waals surface area contributed by atoms with E-state index in [2.05, 4.69) is 0 Å². The van der Waals surface area contributed by atoms with Crippen LogP contribution in [0.4, 0.5) is 0 Å². The molecule has 156 valence electrons. The lowest BCUT2D eigenvalue weighted by molar-refractivity contribution is -0.163. The van der Waals surface area contributed by atoms with E-state index in [0.29, 0.717) is 5.75 Å². The highest BCUT2D eigenvalue weighted by Crippen LogP contribution is 2.55. The molecule has 6 unspecified atom stereocenters. The van der Waals surface area contributed by atoms with E-state index in [-0.39, 0.29) is 60.5 Å². The molecule has 0 amide bonds. The molecule has 3 aliphatic rings. The summed E-state index contributed by atoms with van der Waals surface area (Å²) in [6.07, 6.45) is 0.641. The van der Waals surface area contributed by atoms with Crippen LogP contribution in [-0.4, -0.2) is 36.7 Å². The molecule has 4 rings (SSSR count). The molecule has 0 aromatic heterocycles. The average molecular weight is 402 g/mol. The van der Waals surface area contributed by atoms with Crippen molar-refractivity contribution in [2.75, 3.05) is 6.61 Å². The Balaban J connectivity index is 1.26. The maximum atomic E-state index is 12.2. The molecule has 0 radical (unpaired) electrons. The summed E-state index contributed by atoms with van der Waals surface area (Å²) in [6.45, 7) is 5.17. The Morgan fingerprint density at radius 3 is 2.55 bits per heavy atom. The molecule has 7 heteroatoms. The van der Waals surface area contributed by atoms with E-state index < -0.39 is 5.97 Å². The first-order valence-electron chi connectivity index (χ1n) is 10.2. The Hall–Kier alpha value is -2.57. The molecule has 6 atom stereocenters. The van der Waals surface area contributed by atoms with Gasteiger partial charge in [-0.25, -0.2) is 4.79 Å². The summed E-state index contributed by atoms with van der Waals surface area (Å²) in [7, 11) is 0. The summed E-state index contributed by atoms with van der Waals surface area (Å²) < 4.78 is 21.9. The van der Waals surface area contributed by atoms with Gasteiger partial charge in [0.1, 0.15) is 24.1 Å². The van der Waals surface area contributed by atoms with Crippen LogP contribution in [0.3, 0.4) is 0 Å². The van der Waals surface area contributed by atoms with Crippen LogP contribution in [0.2, 0.25) is 0 Å². The molecule has 1 heterocycles. The number of hydrogen-bond donors (Lipinski definition) is 0. The fourth-order valence-corrected chi connectivity index (χ4v) is 4.61. The topological polar surface area (TPSA) is 88.1 Å². The van der Waals surface area contributed by atoms with Gasteiger partial charge in [0.15, 0.2) is 6.61 Å². The highest BCUT2D eigenvalue weighted by atomic mass is 16.6. The summed E-state index contributed by atoms with van der Waals surface area (Å²) in [5, 5.41) is 0. The van der Waals surface area contributed by atoms with Crippen LogP contribution in [0, 0.1) is 23.7 Å². The van der Waals surface area contributed by atoms with Gasteiger partial charge in [0, 0.05) is 11.8 Å². The zero-order valence-corrected chi connectivity index (χ0v) is 16.8. The zero-order chi connectivity index (χ0) is 20.7. The van der Waals surface area contributed by atoms with Crippen LogP contribution in [0.15, 0.2) is 24.3 Å². The number of hydrogen-bond acceptors (Lipinski definition) is 7. The van der Waals surface area contributed by atoms with Gasteiger partial charge in [0.2, 0.25) is 0 Å². The quantitative estimate of drug-likeness (QED) is 0.512. The third-order valence-electron chi connectivity index (χ3n) is 6.15. The number of ether oxygens (including phenoxy) is 4. The van der Waals surface area contributed by atoms with Gasteiger partial charge in [0.25, 0.3) is 0 Å². The van der Waals surface area contributed by atoms with Gasteiger partial charge in [-0.3, -0.25) is 9.59 Å². The Bertz CT molecular complexity index is 800. The second-order valence-electron chi connectivity index (χ2n) is 8.45. The van der Waals surface area contributed by atoms with Crippen LogP contribution in [0.5, 0.6) is 5.75 Å². The summed E-state index contributed by atoms with van der Waals surface area (Å²) >= 11 is 0. The number of carbonyl (C=O) groups is 3. The maximum Gasteiger partial charge on any atom is 0.344 e. The van der Waals surface area contributed by atoms with E-state index in [1.54, 1.807) is 38.1 Å². The van der Waals surface area contributed by atoms with E-state index >= 15 is 0 Å². The lowest BCUT2D eigenvalue weighted by Crippen LogP contribution is -2.37. The zero-order valence-electron chi connectivity index (χ0n) is 16.8. The van der Waals surface area contributed by atoms with Crippen molar-refractivity contribution in [3.05, 3.63) is 29.8 Å². The van der Waals surface area contributed by atoms with Crippen molar-refractivity contribution in [2.24, 2.45) is 23.7 Å². The molecule has 0 N–H and O–H groups in total. The van der Waals surface area contributed by atoms with Crippen molar-refractivity contribution in [3.63, 3.8) is 0 Å². The normalized spacial score (nSPS) is 30.2.